The van der Waals surface area contributed by atoms with Gasteiger partial charge in [-0.05, 0) is 50.1 Å². The maximum Gasteiger partial charge on any atom is 0.416 e. The first-order chi connectivity index (χ1) is 11.7. The molecule has 0 heterocycles. The van der Waals surface area contributed by atoms with Gasteiger partial charge in [0.2, 0.25) is 0 Å². The molecule has 2 rings (SSSR count). The molecule has 0 aliphatic carbocycles. The number of benzene rings is 2. The minimum Gasteiger partial charge on any atom is -0.480 e. The highest BCUT2D eigenvalue weighted by atomic mass is 19.4. The number of ether oxygens (including phenoxy) is 1. The van der Waals surface area contributed by atoms with Gasteiger partial charge in [0, 0.05) is 5.69 Å². The lowest BCUT2D eigenvalue weighted by Crippen LogP contribution is -2.32. The van der Waals surface area contributed by atoms with Crippen LogP contribution in [0.15, 0.2) is 42.5 Å². The molecule has 3 nitrogen and oxygen atoms in total. The Hall–Kier alpha value is -2.50. The molecule has 0 saturated heterocycles. The molecule has 0 spiro atoms. The third-order valence-electron chi connectivity index (χ3n) is 3.72. The van der Waals surface area contributed by atoms with Crippen molar-refractivity contribution in [2.45, 2.75) is 39.5 Å². The van der Waals surface area contributed by atoms with Crippen molar-refractivity contribution in [3.05, 3.63) is 59.2 Å². The van der Waals surface area contributed by atoms with Crippen molar-refractivity contribution in [3.8, 4) is 5.75 Å². The van der Waals surface area contributed by atoms with Gasteiger partial charge in [-0.1, -0.05) is 30.7 Å². The fourth-order valence-corrected chi connectivity index (χ4v) is 2.40. The fourth-order valence-electron chi connectivity index (χ4n) is 2.40. The molecule has 0 radical (unpaired) electrons. The Balaban J connectivity index is 2.12. The Morgan fingerprint density at radius 1 is 1.16 bits per heavy atom. The minimum atomic E-state index is -4.46. The number of halogens is 3. The standard InChI is InChI=1S/C19H20F3NO2/c1-4-16(25-17-9-8-12(2)10-13(17)3)18(24)23-15-7-5-6-14(11-15)19(20,21)22/h5-11,16H,4H2,1-3H3,(H,23,24). The minimum absolute atomic E-state index is 0.0857. The highest BCUT2D eigenvalue weighted by Gasteiger charge is 2.30. The Morgan fingerprint density at radius 2 is 1.88 bits per heavy atom. The van der Waals surface area contributed by atoms with Crippen molar-refractivity contribution in [1.82, 2.24) is 0 Å². The average Bonchev–Trinajstić information content (AvgIpc) is 2.53. The molecule has 2 aromatic rings. The molecule has 0 saturated carbocycles. The lowest BCUT2D eigenvalue weighted by atomic mass is 10.1. The molecule has 2 aromatic carbocycles. The molecular formula is C19H20F3NO2. The van der Waals surface area contributed by atoms with E-state index < -0.39 is 23.8 Å². The van der Waals surface area contributed by atoms with Gasteiger partial charge in [-0.15, -0.1) is 0 Å². The van der Waals surface area contributed by atoms with Crippen LogP contribution in [0.2, 0.25) is 0 Å². The molecule has 134 valence electrons. The lowest BCUT2D eigenvalue weighted by molar-refractivity contribution is -0.137. The van der Waals surface area contributed by atoms with Gasteiger partial charge in [0.15, 0.2) is 6.10 Å². The van der Waals surface area contributed by atoms with Crippen molar-refractivity contribution in [3.63, 3.8) is 0 Å². The summed E-state index contributed by atoms with van der Waals surface area (Å²) in [6.45, 7) is 5.61. The number of anilines is 1. The summed E-state index contributed by atoms with van der Waals surface area (Å²) in [5, 5.41) is 2.49. The summed E-state index contributed by atoms with van der Waals surface area (Å²) < 4.78 is 44.0. The first-order valence-electron chi connectivity index (χ1n) is 7.92. The maximum atomic E-state index is 12.8. The number of hydrogen-bond donors (Lipinski definition) is 1. The summed E-state index contributed by atoms with van der Waals surface area (Å²) >= 11 is 0. The van der Waals surface area contributed by atoms with E-state index in [1.165, 1.54) is 12.1 Å². The average molecular weight is 351 g/mol. The van der Waals surface area contributed by atoms with Gasteiger partial charge in [0.1, 0.15) is 5.75 Å². The lowest BCUT2D eigenvalue weighted by Gasteiger charge is -2.19. The number of alkyl halides is 3. The van der Waals surface area contributed by atoms with E-state index in [1.807, 2.05) is 26.0 Å². The third-order valence-corrected chi connectivity index (χ3v) is 3.72. The Labute approximate surface area is 144 Å². The van der Waals surface area contributed by atoms with E-state index in [2.05, 4.69) is 5.32 Å². The summed E-state index contributed by atoms with van der Waals surface area (Å²) in [4.78, 5) is 12.4. The van der Waals surface area contributed by atoms with Crippen molar-refractivity contribution in [2.24, 2.45) is 0 Å². The van der Waals surface area contributed by atoms with Crippen molar-refractivity contribution in [1.29, 1.82) is 0 Å². The van der Waals surface area contributed by atoms with Crippen LogP contribution in [0.25, 0.3) is 0 Å². The summed E-state index contributed by atoms with van der Waals surface area (Å²) in [5.74, 6) is 0.0958. The topological polar surface area (TPSA) is 38.3 Å². The molecule has 0 bridgehead atoms. The number of rotatable bonds is 5. The zero-order chi connectivity index (χ0) is 18.6. The SMILES string of the molecule is CCC(Oc1ccc(C)cc1C)C(=O)Nc1cccc(C(F)(F)F)c1. The molecule has 0 aliphatic heterocycles. The van der Waals surface area contributed by atoms with Gasteiger partial charge in [0.25, 0.3) is 5.91 Å². The number of amides is 1. The van der Waals surface area contributed by atoms with Crippen LogP contribution in [0.5, 0.6) is 5.75 Å². The summed E-state index contributed by atoms with van der Waals surface area (Å²) in [6, 6.07) is 10.1. The second-order valence-corrected chi connectivity index (χ2v) is 5.85. The Kier molecular flexibility index (Phi) is 5.72. The van der Waals surface area contributed by atoms with Crippen molar-refractivity contribution in [2.75, 3.05) is 5.32 Å². The summed E-state index contributed by atoms with van der Waals surface area (Å²) in [6.07, 6.45) is -4.87. The first kappa shape index (κ1) is 18.8. The molecule has 0 aliphatic rings. The van der Waals surface area contributed by atoms with Crippen LogP contribution in [0, 0.1) is 13.8 Å². The van der Waals surface area contributed by atoms with Gasteiger partial charge in [-0.2, -0.15) is 13.2 Å². The molecule has 0 aromatic heterocycles. The van der Waals surface area contributed by atoms with Gasteiger partial charge in [-0.3, -0.25) is 4.79 Å². The van der Waals surface area contributed by atoms with E-state index in [9.17, 15) is 18.0 Å². The molecule has 1 atom stereocenters. The normalized spacial score (nSPS) is 12.6. The van der Waals surface area contributed by atoms with Crippen LogP contribution in [-0.4, -0.2) is 12.0 Å². The Bertz CT molecular complexity index is 757. The van der Waals surface area contributed by atoms with Gasteiger partial charge in [0.05, 0.1) is 5.56 Å². The summed E-state index contributed by atoms with van der Waals surface area (Å²) in [7, 11) is 0. The maximum absolute atomic E-state index is 12.8. The molecule has 1 unspecified atom stereocenters. The number of carbonyl (C=O) groups is 1. The van der Waals surface area contributed by atoms with Gasteiger partial charge >= 0.3 is 6.18 Å². The van der Waals surface area contributed by atoms with Crippen LogP contribution >= 0.6 is 0 Å². The largest absolute Gasteiger partial charge is 0.480 e. The predicted molar refractivity (Wildman–Crippen MR) is 90.7 cm³/mol. The number of nitrogens with one attached hydrogen (secondary N) is 1. The van der Waals surface area contributed by atoms with E-state index in [4.69, 9.17) is 4.74 Å². The molecule has 1 N–H and O–H groups in total. The molecule has 1 amide bonds. The van der Waals surface area contributed by atoms with Crippen LogP contribution in [0.4, 0.5) is 18.9 Å². The predicted octanol–water partition coefficient (Wildman–Crippen LogP) is 5.12. The third kappa shape index (κ3) is 4.98. The molecule has 6 heteroatoms. The zero-order valence-corrected chi connectivity index (χ0v) is 14.3. The van der Waals surface area contributed by atoms with E-state index in [-0.39, 0.29) is 5.69 Å². The smallest absolute Gasteiger partial charge is 0.416 e. The van der Waals surface area contributed by atoms with Gasteiger partial charge in [-0.25, -0.2) is 0 Å². The highest BCUT2D eigenvalue weighted by Crippen LogP contribution is 2.30. The number of hydrogen-bond acceptors (Lipinski definition) is 2. The van der Waals surface area contributed by atoms with E-state index in [0.29, 0.717) is 12.2 Å². The number of aryl methyl sites for hydroxylation is 2. The van der Waals surface area contributed by atoms with E-state index in [1.54, 1.807) is 13.0 Å². The van der Waals surface area contributed by atoms with Crippen LogP contribution < -0.4 is 10.1 Å². The second-order valence-electron chi connectivity index (χ2n) is 5.85. The van der Waals surface area contributed by atoms with Gasteiger partial charge < -0.3 is 10.1 Å². The van der Waals surface area contributed by atoms with Crippen LogP contribution in [0.1, 0.15) is 30.0 Å². The fraction of sp³-hybridized carbons (Fsp3) is 0.316. The molecular weight excluding hydrogens is 331 g/mol. The molecule has 0 fully saturated rings. The van der Waals surface area contributed by atoms with Crippen LogP contribution in [0.3, 0.4) is 0 Å². The van der Waals surface area contributed by atoms with Crippen molar-refractivity contribution >= 4 is 11.6 Å². The molecule has 25 heavy (non-hydrogen) atoms. The summed E-state index contributed by atoms with van der Waals surface area (Å²) in [5.41, 5.74) is 1.24. The second kappa shape index (κ2) is 7.59. The quantitative estimate of drug-likeness (QED) is 0.812. The van der Waals surface area contributed by atoms with E-state index in [0.717, 1.165) is 23.3 Å². The Morgan fingerprint density at radius 3 is 2.48 bits per heavy atom. The first-order valence-corrected chi connectivity index (χ1v) is 7.92. The van der Waals surface area contributed by atoms with Crippen LogP contribution in [-0.2, 0) is 11.0 Å². The number of carbonyl (C=O) groups excluding carboxylic acids is 1. The monoisotopic (exact) mass is 351 g/mol. The van der Waals surface area contributed by atoms with E-state index >= 15 is 0 Å². The highest BCUT2D eigenvalue weighted by molar-refractivity contribution is 5.94. The zero-order valence-electron chi connectivity index (χ0n) is 14.3. The van der Waals surface area contributed by atoms with Crippen molar-refractivity contribution < 1.29 is 22.7 Å².